The topological polar surface area (TPSA) is 47.6 Å². The predicted octanol–water partition coefficient (Wildman–Crippen LogP) is 5.33. The zero-order valence-corrected chi connectivity index (χ0v) is 17.9. The minimum Gasteiger partial charge on any atom is -0.496 e. The van der Waals surface area contributed by atoms with E-state index in [1.165, 1.54) is 11.1 Å². The van der Waals surface area contributed by atoms with Gasteiger partial charge in [0.2, 0.25) is 0 Å². The van der Waals surface area contributed by atoms with Crippen molar-refractivity contribution in [1.29, 1.82) is 0 Å². The molecule has 3 aromatic carbocycles. The fourth-order valence-corrected chi connectivity index (χ4v) is 3.24. The van der Waals surface area contributed by atoms with Gasteiger partial charge in [-0.1, -0.05) is 48.0 Å². The minimum atomic E-state index is -0.0881. The van der Waals surface area contributed by atoms with Crippen LogP contribution in [0.25, 0.3) is 0 Å². The number of carbonyl (C=O) groups excluding carboxylic acids is 1. The number of hydrogen-bond acceptors (Lipinski definition) is 3. The number of aryl methyl sites for hydroxylation is 2. The van der Waals surface area contributed by atoms with Crippen LogP contribution in [-0.4, -0.2) is 19.1 Å². The zero-order valence-electron chi connectivity index (χ0n) is 17.9. The second-order valence-corrected chi connectivity index (χ2v) is 7.53. The largest absolute Gasteiger partial charge is 0.496 e. The van der Waals surface area contributed by atoms with Gasteiger partial charge in [0.1, 0.15) is 18.1 Å². The van der Waals surface area contributed by atoms with Gasteiger partial charge in [0.25, 0.3) is 5.91 Å². The number of ether oxygens (including phenoxy) is 2. The van der Waals surface area contributed by atoms with Gasteiger partial charge in [-0.05, 0) is 62.6 Å². The molecule has 0 saturated carbocycles. The smallest absolute Gasteiger partial charge is 0.251 e. The standard InChI is InChI=1S/C26H29NO3/c1-19-9-14-24(15-10-19)30-18-23-17-22(13-16-25(23)29-3)26(28)27-20(2)11-12-21-7-5-4-6-8-21/h4-10,13-17,20H,11-12,18H2,1-3H3,(H,27,28)/t20-/m1/s1. The molecule has 4 heteroatoms. The van der Waals surface area contributed by atoms with Crippen molar-refractivity contribution < 1.29 is 14.3 Å². The molecule has 1 atom stereocenters. The lowest BCUT2D eigenvalue weighted by Crippen LogP contribution is -2.33. The number of rotatable bonds is 9. The molecule has 4 nitrogen and oxygen atoms in total. The maximum Gasteiger partial charge on any atom is 0.251 e. The van der Waals surface area contributed by atoms with Gasteiger partial charge in [0, 0.05) is 17.2 Å². The highest BCUT2D eigenvalue weighted by atomic mass is 16.5. The number of amides is 1. The Bertz CT molecular complexity index is 952. The molecule has 0 aliphatic heterocycles. The third kappa shape index (κ3) is 6.11. The first-order chi connectivity index (χ1) is 14.5. The van der Waals surface area contributed by atoms with E-state index in [2.05, 4.69) is 17.4 Å². The van der Waals surface area contributed by atoms with E-state index in [4.69, 9.17) is 9.47 Å². The molecule has 3 aromatic rings. The number of hydrogen-bond donors (Lipinski definition) is 1. The van der Waals surface area contributed by atoms with Crippen LogP contribution in [-0.2, 0) is 13.0 Å². The van der Waals surface area contributed by atoms with Crippen molar-refractivity contribution in [2.75, 3.05) is 7.11 Å². The summed E-state index contributed by atoms with van der Waals surface area (Å²) >= 11 is 0. The molecular formula is C26H29NO3. The van der Waals surface area contributed by atoms with E-state index in [9.17, 15) is 4.79 Å². The lowest BCUT2D eigenvalue weighted by molar-refractivity contribution is 0.0938. The summed E-state index contributed by atoms with van der Waals surface area (Å²) in [4.78, 5) is 12.7. The van der Waals surface area contributed by atoms with E-state index < -0.39 is 0 Å². The Morgan fingerprint density at radius 3 is 2.43 bits per heavy atom. The monoisotopic (exact) mass is 403 g/mol. The Labute approximate surface area is 178 Å². The summed E-state index contributed by atoms with van der Waals surface area (Å²) < 4.78 is 11.3. The molecule has 0 heterocycles. The summed E-state index contributed by atoms with van der Waals surface area (Å²) in [7, 11) is 1.62. The van der Waals surface area contributed by atoms with Crippen molar-refractivity contribution in [3.63, 3.8) is 0 Å². The average molecular weight is 404 g/mol. The van der Waals surface area contributed by atoms with Crippen LogP contribution in [0, 0.1) is 6.92 Å². The fraction of sp³-hybridized carbons (Fsp3) is 0.269. The lowest BCUT2D eigenvalue weighted by atomic mass is 10.1. The molecule has 0 spiro atoms. The highest BCUT2D eigenvalue weighted by Crippen LogP contribution is 2.23. The maximum atomic E-state index is 12.7. The van der Waals surface area contributed by atoms with Crippen LogP contribution < -0.4 is 14.8 Å². The number of benzene rings is 3. The van der Waals surface area contributed by atoms with Crippen molar-refractivity contribution in [2.24, 2.45) is 0 Å². The quantitative estimate of drug-likeness (QED) is 0.525. The fourth-order valence-electron chi connectivity index (χ4n) is 3.24. The number of methoxy groups -OCH3 is 1. The van der Waals surface area contributed by atoms with Gasteiger partial charge < -0.3 is 14.8 Å². The number of nitrogens with one attached hydrogen (secondary N) is 1. The van der Waals surface area contributed by atoms with Crippen molar-refractivity contribution in [3.8, 4) is 11.5 Å². The van der Waals surface area contributed by atoms with Crippen molar-refractivity contribution in [1.82, 2.24) is 5.32 Å². The molecule has 0 aromatic heterocycles. The Balaban J connectivity index is 1.61. The van der Waals surface area contributed by atoms with Gasteiger partial charge in [0.05, 0.1) is 7.11 Å². The highest BCUT2D eigenvalue weighted by molar-refractivity contribution is 5.94. The molecule has 0 aliphatic carbocycles. The van der Waals surface area contributed by atoms with Crippen LogP contribution in [0.1, 0.15) is 40.4 Å². The molecule has 0 fully saturated rings. The SMILES string of the molecule is COc1ccc(C(=O)N[C@H](C)CCc2ccccc2)cc1COc1ccc(C)cc1. The van der Waals surface area contributed by atoms with Crippen molar-refractivity contribution in [3.05, 3.63) is 95.1 Å². The first kappa shape index (κ1) is 21.4. The normalized spacial score (nSPS) is 11.6. The van der Waals surface area contributed by atoms with Crippen LogP contribution in [0.2, 0.25) is 0 Å². The van der Waals surface area contributed by atoms with Crippen LogP contribution in [0.3, 0.4) is 0 Å². The summed E-state index contributed by atoms with van der Waals surface area (Å²) in [5, 5.41) is 3.09. The van der Waals surface area contributed by atoms with E-state index in [1.807, 2.05) is 68.4 Å². The van der Waals surface area contributed by atoms with Crippen LogP contribution in [0.5, 0.6) is 11.5 Å². The Kier molecular flexibility index (Phi) is 7.50. The molecule has 0 radical (unpaired) electrons. The molecule has 0 aliphatic rings. The van der Waals surface area contributed by atoms with Crippen molar-refractivity contribution >= 4 is 5.91 Å². The summed E-state index contributed by atoms with van der Waals surface area (Å²) in [5.41, 5.74) is 3.89. The molecule has 0 unspecified atom stereocenters. The van der Waals surface area contributed by atoms with E-state index >= 15 is 0 Å². The first-order valence-corrected chi connectivity index (χ1v) is 10.3. The average Bonchev–Trinajstić information content (AvgIpc) is 2.77. The second-order valence-electron chi connectivity index (χ2n) is 7.53. The summed E-state index contributed by atoms with van der Waals surface area (Å²) in [6.07, 6.45) is 1.82. The van der Waals surface area contributed by atoms with Gasteiger partial charge in [-0.15, -0.1) is 0 Å². The predicted molar refractivity (Wildman–Crippen MR) is 120 cm³/mol. The molecule has 3 rings (SSSR count). The van der Waals surface area contributed by atoms with E-state index in [0.29, 0.717) is 17.9 Å². The Morgan fingerprint density at radius 1 is 1.00 bits per heavy atom. The van der Waals surface area contributed by atoms with Crippen LogP contribution in [0.15, 0.2) is 72.8 Å². The summed E-state index contributed by atoms with van der Waals surface area (Å²) in [6, 6.07) is 23.7. The van der Waals surface area contributed by atoms with Gasteiger partial charge >= 0.3 is 0 Å². The Hall–Kier alpha value is -3.27. The molecule has 156 valence electrons. The zero-order chi connectivity index (χ0) is 21.3. The highest BCUT2D eigenvalue weighted by Gasteiger charge is 2.13. The van der Waals surface area contributed by atoms with Gasteiger partial charge in [-0.2, -0.15) is 0 Å². The summed E-state index contributed by atoms with van der Waals surface area (Å²) in [5.74, 6) is 1.40. The summed E-state index contributed by atoms with van der Waals surface area (Å²) in [6.45, 7) is 4.40. The minimum absolute atomic E-state index is 0.0760. The molecule has 0 saturated heterocycles. The maximum absolute atomic E-state index is 12.7. The molecule has 1 N–H and O–H groups in total. The molecular weight excluding hydrogens is 374 g/mol. The second kappa shape index (κ2) is 10.5. The van der Waals surface area contributed by atoms with Gasteiger partial charge in [0.15, 0.2) is 0 Å². The molecule has 0 bridgehead atoms. The molecule has 1 amide bonds. The van der Waals surface area contributed by atoms with E-state index in [-0.39, 0.29) is 11.9 Å². The van der Waals surface area contributed by atoms with E-state index in [0.717, 1.165) is 24.2 Å². The van der Waals surface area contributed by atoms with Crippen LogP contribution in [0.4, 0.5) is 0 Å². The van der Waals surface area contributed by atoms with Gasteiger partial charge in [-0.25, -0.2) is 0 Å². The first-order valence-electron chi connectivity index (χ1n) is 10.3. The van der Waals surface area contributed by atoms with Crippen LogP contribution >= 0.6 is 0 Å². The van der Waals surface area contributed by atoms with Crippen molar-refractivity contribution in [2.45, 2.75) is 39.3 Å². The third-order valence-corrected chi connectivity index (χ3v) is 5.04. The Morgan fingerprint density at radius 2 is 1.73 bits per heavy atom. The molecule has 30 heavy (non-hydrogen) atoms. The van der Waals surface area contributed by atoms with Gasteiger partial charge in [-0.3, -0.25) is 4.79 Å². The van der Waals surface area contributed by atoms with E-state index in [1.54, 1.807) is 13.2 Å². The number of carbonyl (C=O) groups is 1. The lowest BCUT2D eigenvalue weighted by Gasteiger charge is -2.16. The third-order valence-electron chi connectivity index (χ3n) is 5.04.